The zero-order chi connectivity index (χ0) is 6.81. The highest BCUT2D eigenvalue weighted by Crippen LogP contribution is 2.34. The Bertz CT molecular complexity index is 128. The summed E-state index contributed by atoms with van der Waals surface area (Å²) < 4.78 is 5.48. The van der Waals surface area contributed by atoms with E-state index >= 15 is 0 Å². The molecule has 56 valence electrons. The molecular weight excluding hydrogens is 144 g/mol. The first kappa shape index (κ1) is 6.59. The summed E-state index contributed by atoms with van der Waals surface area (Å²) in [5.74, 6) is 0. The van der Waals surface area contributed by atoms with Gasteiger partial charge in [-0.2, -0.15) is 0 Å². The Labute approximate surface area is 65.8 Å². The quantitative estimate of drug-likeness (QED) is 0.533. The van der Waals surface area contributed by atoms with Gasteiger partial charge in [-0.1, -0.05) is 6.42 Å². The summed E-state index contributed by atoms with van der Waals surface area (Å²) in [5, 5.41) is 2.84. The van der Waals surface area contributed by atoms with Crippen LogP contribution >= 0.6 is 11.8 Å². The molecule has 0 aromatic heterocycles. The van der Waals surface area contributed by atoms with Crippen LogP contribution in [0.5, 0.6) is 0 Å². The number of hydrogen-bond acceptors (Lipinski definition) is 2. The third kappa shape index (κ3) is 1.17. The van der Waals surface area contributed by atoms with Crippen LogP contribution in [0, 0.1) is 0 Å². The van der Waals surface area contributed by atoms with Crippen molar-refractivity contribution in [1.82, 2.24) is 0 Å². The molecular formula is C8H12OS. The number of rotatable bonds is 0. The largest absolute Gasteiger partial charge is 0.496 e. The summed E-state index contributed by atoms with van der Waals surface area (Å²) in [6.07, 6.45) is 7.74. The highest BCUT2D eigenvalue weighted by Gasteiger charge is 2.27. The summed E-state index contributed by atoms with van der Waals surface area (Å²) in [7, 11) is 0. The first-order valence-electron chi connectivity index (χ1n) is 3.93. The monoisotopic (exact) mass is 156 g/mol. The van der Waals surface area contributed by atoms with Crippen molar-refractivity contribution in [3.05, 3.63) is 11.7 Å². The zero-order valence-corrected chi connectivity index (χ0v) is 6.77. The molecule has 2 atom stereocenters. The molecule has 2 heteroatoms. The highest BCUT2D eigenvalue weighted by molar-refractivity contribution is 8.02. The summed E-state index contributed by atoms with van der Waals surface area (Å²) in [6, 6.07) is 0. The molecule has 0 bridgehead atoms. The van der Waals surface area contributed by atoms with Crippen LogP contribution in [0.3, 0.4) is 0 Å². The third-order valence-corrected chi connectivity index (χ3v) is 3.36. The lowest BCUT2D eigenvalue weighted by atomic mass is 9.97. The van der Waals surface area contributed by atoms with Gasteiger partial charge in [0, 0.05) is 10.7 Å². The van der Waals surface area contributed by atoms with Gasteiger partial charge in [-0.3, -0.25) is 0 Å². The molecule has 0 amide bonds. The van der Waals surface area contributed by atoms with Crippen molar-refractivity contribution in [2.45, 2.75) is 37.0 Å². The summed E-state index contributed by atoms with van der Waals surface area (Å²) in [6.45, 7) is 0. The molecule has 2 rings (SSSR count). The predicted octanol–water partition coefficient (Wildman–Crippen LogP) is 2.53. The molecule has 0 spiro atoms. The average Bonchev–Trinajstić information content (AvgIpc) is 2.05. The molecule has 0 saturated heterocycles. The maximum atomic E-state index is 5.48. The van der Waals surface area contributed by atoms with E-state index in [2.05, 4.69) is 5.41 Å². The smallest absolute Gasteiger partial charge is 0.110 e. The Balaban J connectivity index is 2.01. The van der Waals surface area contributed by atoms with E-state index in [-0.39, 0.29) is 0 Å². The topological polar surface area (TPSA) is 9.23 Å². The lowest BCUT2D eigenvalue weighted by Crippen LogP contribution is -2.29. The SMILES string of the molecule is C1=CSC2CCCCC2O1. The second-order valence-corrected chi connectivity index (χ2v) is 4.06. The van der Waals surface area contributed by atoms with Crippen molar-refractivity contribution in [2.75, 3.05) is 0 Å². The van der Waals surface area contributed by atoms with Crippen LogP contribution in [0.15, 0.2) is 11.7 Å². The Hall–Kier alpha value is -0.110. The highest BCUT2D eigenvalue weighted by atomic mass is 32.2. The minimum Gasteiger partial charge on any atom is -0.496 e. The second kappa shape index (κ2) is 2.87. The Morgan fingerprint density at radius 3 is 3.10 bits per heavy atom. The van der Waals surface area contributed by atoms with E-state index < -0.39 is 0 Å². The van der Waals surface area contributed by atoms with Crippen LogP contribution in [-0.4, -0.2) is 11.4 Å². The maximum Gasteiger partial charge on any atom is 0.110 e. The van der Waals surface area contributed by atoms with Gasteiger partial charge in [0.1, 0.15) is 6.10 Å². The Morgan fingerprint density at radius 2 is 2.20 bits per heavy atom. The lowest BCUT2D eigenvalue weighted by molar-refractivity contribution is 0.109. The van der Waals surface area contributed by atoms with Crippen LogP contribution in [0.2, 0.25) is 0 Å². The van der Waals surface area contributed by atoms with Gasteiger partial charge in [0.05, 0.1) is 6.26 Å². The normalized spacial score (nSPS) is 38.4. The van der Waals surface area contributed by atoms with Crippen LogP contribution in [-0.2, 0) is 4.74 Å². The molecule has 1 saturated carbocycles. The van der Waals surface area contributed by atoms with Gasteiger partial charge in [-0.15, -0.1) is 11.8 Å². The van der Waals surface area contributed by atoms with Gasteiger partial charge < -0.3 is 4.74 Å². The lowest BCUT2D eigenvalue weighted by Gasteiger charge is -2.31. The van der Waals surface area contributed by atoms with Crippen LogP contribution < -0.4 is 0 Å². The van der Waals surface area contributed by atoms with E-state index in [0.29, 0.717) is 6.10 Å². The third-order valence-electron chi connectivity index (χ3n) is 2.20. The summed E-state index contributed by atoms with van der Waals surface area (Å²) in [4.78, 5) is 0. The molecule has 10 heavy (non-hydrogen) atoms. The molecule has 0 N–H and O–H groups in total. The van der Waals surface area contributed by atoms with E-state index in [4.69, 9.17) is 4.74 Å². The fourth-order valence-corrected chi connectivity index (χ4v) is 2.65. The van der Waals surface area contributed by atoms with Gasteiger partial charge in [-0.05, 0) is 19.3 Å². The van der Waals surface area contributed by atoms with E-state index in [9.17, 15) is 0 Å². The minimum absolute atomic E-state index is 0.531. The molecule has 2 unspecified atom stereocenters. The number of hydrogen-bond donors (Lipinski definition) is 0. The van der Waals surface area contributed by atoms with Crippen LogP contribution in [0.4, 0.5) is 0 Å². The molecule has 2 aliphatic rings. The van der Waals surface area contributed by atoms with Crippen molar-refractivity contribution in [3.8, 4) is 0 Å². The second-order valence-electron chi connectivity index (χ2n) is 2.91. The van der Waals surface area contributed by atoms with Crippen molar-refractivity contribution >= 4 is 11.8 Å². The minimum atomic E-state index is 0.531. The van der Waals surface area contributed by atoms with Crippen LogP contribution in [0.25, 0.3) is 0 Å². The molecule has 1 aliphatic carbocycles. The number of ether oxygens (including phenoxy) is 1. The first-order valence-corrected chi connectivity index (χ1v) is 4.87. The van der Waals surface area contributed by atoms with Gasteiger partial charge in [-0.25, -0.2) is 0 Å². The molecule has 1 nitrogen and oxygen atoms in total. The van der Waals surface area contributed by atoms with E-state index in [1.807, 2.05) is 18.0 Å². The Morgan fingerprint density at radius 1 is 1.30 bits per heavy atom. The van der Waals surface area contributed by atoms with E-state index in [0.717, 1.165) is 5.25 Å². The van der Waals surface area contributed by atoms with Crippen molar-refractivity contribution in [2.24, 2.45) is 0 Å². The van der Waals surface area contributed by atoms with Crippen LogP contribution in [0.1, 0.15) is 25.7 Å². The number of thioether (sulfide) groups is 1. The molecule has 0 aromatic rings. The van der Waals surface area contributed by atoms with Crippen molar-refractivity contribution in [1.29, 1.82) is 0 Å². The summed E-state index contributed by atoms with van der Waals surface area (Å²) in [5.41, 5.74) is 0. The predicted molar refractivity (Wildman–Crippen MR) is 43.9 cm³/mol. The number of fused-ring (bicyclic) bond motifs is 1. The van der Waals surface area contributed by atoms with E-state index in [1.54, 1.807) is 0 Å². The average molecular weight is 156 g/mol. The zero-order valence-electron chi connectivity index (χ0n) is 5.95. The van der Waals surface area contributed by atoms with Crippen molar-refractivity contribution in [3.63, 3.8) is 0 Å². The molecule has 0 radical (unpaired) electrons. The molecule has 1 heterocycles. The fraction of sp³-hybridized carbons (Fsp3) is 0.750. The molecule has 0 aromatic carbocycles. The van der Waals surface area contributed by atoms with Gasteiger partial charge in [0.25, 0.3) is 0 Å². The van der Waals surface area contributed by atoms with Crippen molar-refractivity contribution < 1.29 is 4.74 Å². The standard InChI is InChI=1S/C8H12OS/c1-2-4-8-7(3-1)9-5-6-10-8/h5-8H,1-4H2. The fourth-order valence-electron chi connectivity index (χ4n) is 1.64. The Kier molecular flexibility index (Phi) is 1.89. The maximum absolute atomic E-state index is 5.48. The van der Waals surface area contributed by atoms with Gasteiger partial charge >= 0.3 is 0 Å². The van der Waals surface area contributed by atoms with Gasteiger partial charge in [0.15, 0.2) is 0 Å². The van der Waals surface area contributed by atoms with Gasteiger partial charge in [0.2, 0.25) is 0 Å². The van der Waals surface area contributed by atoms with E-state index in [1.165, 1.54) is 25.7 Å². The molecule has 1 fully saturated rings. The first-order chi connectivity index (χ1) is 4.97. The summed E-state index contributed by atoms with van der Waals surface area (Å²) >= 11 is 1.94. The molecule has 1 aliphatic heterocycles.